The third-order valence-electron chi connectivity index (χ3n) is 5.96. The smallest absolute Gasteiger partial charge is 0.435 e. The summed E-state index contributed by atoms with van der Waals surface area (Å²) < 4.78 is 68.8. The Morgan fingerprint density at radius 3 is 2.54 bits per heavy atom. The monoisotopic (exact) mass is 508 g/mol. The molecule has 3 aromatic rings. The summed E-state index contributed by atoms with van der Waals surface area (Å²) in [5.41, 5.74) is -0.559. The van der Waals surface area contributed by atoms with E-state index in [1.54, 1.807) is 38.1 Å². The van der Waals surface area contributed by atoms with Gasteiger partial charge in [0.15, 0.2) is 5.69 Å². The van der Waals surface area contributed by atoms with Gasteiger partial charge in [-0.1, -0.05) is 36.4 Å². The van der Waals surface area contributed by atoms with Gasteiger partial charge in [0, 0.05) is 21.8 Å². The van der Waals surface area contributed by atoms with Crippen molar-refractivity contribution in [2.24, 2.45) is 0 Å². The summed E-state index contributed by atoms with van der Waals surface area (Å²) in [4.78, 5) is 12.2. The highest BCUT2D eigenvalue weighted by Crippen LogP contribution is 2.49. The van der Waals surface area contributed by atoms with Crippen molar-refractivity contribution in [3.8, 4) is 0 Å². The molecule has 1 atom stereocenters. The Morgan fingerprint density at radius 2 is 1.89 bits per heavy atom. The van der Waals surface area contributed by atoms with E-state index in [2.05, 4.69) is 5.10 Å². The van der Waals surface area contributed by atoms with Crippen molar-refractivity contribution >= 4 is 22.6 Å². The zero-order valence-corrected chi connectivity index (χ0v) is 19.6. The second kappa shape index (κ2) is 9.14. The number of carbonyl (C=O) groups is 1. The molecular weight excluding hydrogens is 487 g/mol. The van der Waals surface area contributed by atoms with Gasteiger partial charge in [0.25, 0.3) is 0 Å². The molecule has 4 rings (SSSR count). The van der Waals surface area contributed by atoms with Crippen molar-refractivity contribution in [3.05, 3.63) is 94.3 Å². The Kier molecular flexibility index (Phi) is 6.52. The number of benzene rings is 2. The van der Waals surface area contributed by atoms with Crippen LogP contribution >= 0.6 is 11.8 Å². The number of hydrogen-bond donors (Lipinski definition) is 1. The number of alkyl halides is 3. The van der Waals surface area contributed by atoms with Gasteiger partial charge in [-0.3, -0.25) is 9.48 Å². The Morgan fingerprint density at radius 1 is 1.14 bits per heavy atom. The Bertz CT molecular complexity index is 1310. The molecule has 0 saturated heterocycles. The number of rotatable bonds is 6. The first kappa shape index (κ1) is 25.0. The first-order valence-electron chi connectivity index (χ1n) is 10.7. The fourth-order valence-electron chi connectivity index (χ4n) is 3.77. The summed E-state index contributed by atoms with van der Waals surface area (Å²) in [7, 11) is 0. The quantitative estimate of drug-likeness (QED) is 0.372. The normalized spacial score (nSPS) is 16.4. The second-order valence-electron chi connectivity index (χ2n) is 8.77. The average Bonchev–Trinajstić information content (AvgIpc) is 3.43. The molecule has 1 aliphatic heterocycles. The molecule has 0 radical (unpaired) electrons. The SMILES string of the molecule is CC(C)(C(=O)O)c1cccc(C2CC=C(c3cc(C(F)(F)F)nn3Cc3ccc(F)cc3F)S2)c1. The van der Waals surface area contributed by atoms with Crippen LogP contribution in [-0.2, 0) is 22.9 Å². The highest BCUT2D eigenvalue weighted by atomic mass is 32.2. The molecule has 35 heavy (non-hydrogen) atoms. The van der Waals surface area contributed by atoms with Crippen LogP contribution in [0.4, 0.5) is 22.0 Å². The number of aromatic nitrogens is 2. The molecule has 10 heteroatoms. The number of halogens is 5. The molecule has 2 aromatic carbocycles. The number of carboxylic acids is 1. The Hall–Kier alpha value is -3.14. The summed E-state index contributed by atoms with van der Waals surface area (Å²) in [5, 5.41) is 13.0. The van der Waals surface area contributed by atoms with Crippen molar-refractivity contribution in [1.29, 1.82) is 0 Å². The van der Waals surface area contributed by atoms with E-state index in [0.717, 1.165) is 22.4 Å². The first-order chi connectivity index (χ1) is 16.4. The Balaban J connectivity index is 1.64. The molecule has 0 aliphatic carbocycles. The lowest BCUT2D eigenvalue weighted by Crippen LogP contribution is -2.28. The molecule has 0 fully saturated rings. The molecule has 1 aromatic heterocycles. The molecule has 4 nitrogen and oxygen atoms in total. The molecule has 0 amide bonds. The van der Waals surface area contributed by atoms with Crippen molar-refractivity contribution in [3.63, 3.8) is 0 Å². The molecule has 0 bridgehead atoms. The van der Waals surface area contributed by atoms with E-state index in [9.17, 15) is 31.9 Å². The third-order valence-corrected chi connectivity index (χ3v) is 7.34. The van der Waals surface area contributed by atoms with E-state index >= 15 is 0 Å². The summed E-state index contributed by atoms with van der Waals surface area (Å²) in [6.45, 7) is 2.90. The fraction of sp³-hybridized carbons (Fsp3) is 0.280. The maximum absolute atomic E-state index is 14.2. The van der Waals surface area contributed by atoms with Gasteiger partial charge in [-0.05, 0) is 43.5 Å². The summed E-state index contributed by atoms with van der Waals surface area (Å²) in [6.07, 6.45) is -2.39. The topological polar surface area (TPSA) is 55.1 Å². The average molecular weight is 509 g/mol. The number of allylic oxidation sites excluding steroid dienone is 1. The van der Waals surface area contributed by atoms with Gasteiger partial charge in [-0.2, -0.15) is 18.3 Å². The van der Waals surface area contributed by atoms with Gasteiger partial charge in [0.05, 0.1) is 17.7 Å². The van der Waals surface area contributed by atoms with Crippen molar-refractivity contribution in [2.45, 2.75) is 43.7 Å². The van der Waals surface area contributed by atoms with E-state index in [1.807, 2.05) is 6.07 Å². The van der Waals surface area contributed by atoms with E-state index in [1.165, 1.54) is 17.8 Å². The molecule has 1 N–H and O–H groups in total. The minimum atomic E-state index is -4.69. The van der Waals surface area contributed by atoms with Crippen LogP contribution in [0.1, 0.15) is 53.6 Å². The van der Waals surface area contributed by atoms with Gasteiger partial charge in [0.1, 0.15) is 11.6 Å². The number of thioether (sulfide) groups is 1. The molecular formula is C25H21F5N2O2S. The highest BCUT2D eigenvalue weighted by Gasteiger charge is 2.36. The van der Waals surface area contributed by atoms with Crippen LogP contribution in [0.15, 0.2) is 54.6 Å². The molecule has 0 saturated carbocycles. The van der Waals surface area contributed by atoms with Crippen molar-refractivity contribution < 1.29 is 31.9 Å². The van der Waals surface area contributed by atoms with Gasteiger partial charge >= 0.3 is 12.1 Å². The van der Waals surface area contributed by atoms with Gasteiger partial charge < -0.3 is 5.11 Å². The molecule has 184 valence electrons. The predicted molar refractivity (Wildman–Crippen MR) is 123 cm³/mol. The highest BCUT2D eigenvalue weighted by molar-refractivity contribution is 8.08. The fourth-order valence-corrected chi connectivity index (χ4v) is 5.03. The van der Waals surface area contributed by atoms with Gasteiger partial charge in [-0.15, -0.1) is 11.8 Å². The second-order valence-corrected chi connectivity index (χ2v) is 10.0. The number of nitrogens with zero attached hydrogens (tertiary/aromatic N) is 2. The van der Waals surface area contributed by atoms with E-state index in [-0.39, 0.29) is 23.1 Å². The van der Waals surface area contributed by atoms with Crippen LogP contribution in [0.25, 0.3) is 4.91 Å². The maximum Gasteiger partial charge on any atom is 0.435 e. The maximum atomic E-state index is 14.2. The molecule has 1 unspecified atom stereocenters. The zero-order valence-electron chi connectivity index (χ0n) is 18.7. The van der Waals surface area contributed by atoms with Gasteiger partial charge in [0.2, 0.25) is 0 Å². The predicted octanol–water partition coefficient (Wildman–Crippen LogP) is 6.81. The third kappa shape index (κ3) is 5.12. The van der Waals surface area contributed by atoms with Crippen LogP contribution in [0.5, 0.6) is 0 Å². The van der Waals surface area contributed by atoms with E-state index in [0.29, 0.717) is 23.0 Å². The van der Waals surface area contributed by atoms with E-state index < -0.39 is 34.9 Å². The summed E-state index contributed by atoms with van der Waals surface area (Å²) in [6, 6.07) is 11.0. The van der Waals surface area contributed by atoms with Gasteiger partial charge in [-0.25, -0.2) is 8.78 Å². The molecule has 2 heterocycles. The summed E-state index contributed by atoms with van der Waals surface area (Å²) in [5.74, 6) is -2.62. The largest absolute Gasteiger partial charge is 0.481 e. The minimum Gasteiger partial charge on any atom is -0.481 e. The number of carboxylic acid groups (broad SMARTS) is 1. The van der Waals surface area contributed by atoms with Crippen LogP contribution < -0.4 is 0 Å². The lowest BCUT2D eigenvalue weighted by Gasteiger charge is -2.21. The van der Waals surface area contributed by atoms with Crippen molar-refractivity contribution in [2.75, 3.05) is 0 Å². The first-order valence-corrected chi connectivity index (χ1v) is 11.5. The van der Waals surface area contributed by atoms with Crippen LogP contribution in [0, 0.1) is 11.6 Å². The Labute approximate surface area is 202 Å². The van der Waals surface area contributed by atoms with Crippen molar-refractivity contribution in [1.82, 2.24) is 9.78 Å². The van der Waals surface area contributed by atoms with Crippen LogP contribution in [0.2, 0.25) is 0 Å². The number of aliphatic carboxylic acids is 1. The molecule has 1 aliphatic rings. The zero-order chi connectivity index (χ0) is 25.5. The lowest BCUT2D eigenvalue weighted by atomic mass is 9.84. The molecule has 0 spiro atoms. The van der Waals surface area contributed by atoms with Crippen LogP contribution in [-0.4, -0.2) is 20.9 Å². The summed E-state index contributed by atoms with van der Waals surface area (Å²) >= 11 is 1.33. The number of hydrogen-bond acceptors (Lipinski definition) is 3. The minimum absolute atomic E-state index is 0.00762. The standard InChI is InChI=1S/C25H21F5N2O2S/c1-24(2,23(33)34)16-5-3-4-14(10-16)20-8-9-21(35-20)19-12-22(25(28,29)30)31-32(19)13-15-6-7-17(26)11-18(15)27/h3-7,9-12,20H,8,13H2,1-2H3,(H,33,34). The van der Waals surface area contributed by atoms with E-state index in [4.69, 9.17) is 0 Å². The van der Waals surface area contributed by atoms with Crippen LogP contribution in [0.3, 0.4) is 0 Å². The lowest BCUT2D eigenvalue weighted by molar-refractivity contribution is -0.143.